The number of nitrogens with one attached hydrogen (secondary N) is 1. The quantitative estimate of drug-likeness (QED) is 0.845. The lowest BCUT2D eigenvalue weighted by Gasteiger charge is -2.56. The molecular weight excluding hydrogens is 330 g/mol. The number of aliphatic hydroxyl groups excluding tert-OH is 1. The molecule has 1 amide bonds. The fourth-order valence-corrected chi connectivity index (χ4v) is 6.53. The number of H-pyrrole nitrogens is 1. The molecule has 6 rings (SSSR count). The van der Waals surface area contributed by atoms with Crippen LogP contribution in [0.5, 0.6) is 0 Å². The molecule has 1 aromatic rings. The molecular formula is C20H27N3O3. The van der Waals surface area contributed by atoms with Crippen molar-refractivity contribution in [3.8, 4) is 0 Å². The maximum atomic E-state index is 12.7. The zero-order chi connectivity index (χ0) is 17.9. The number of hydrogen-bond donors (Lipinski definition) is 2. The average molecular weight is 357 g/mol. The molecule has 0 radical (unpaired) electrons. The number of nitrogens with zero attached hydrogens (tertiary/aromatic N) is 2. The van der Waals surface area contributed by atoms with E-state index in [4.69, 9.17) is 0 Å². The number of hydrogen-bond acceptors (Lipinski definition) is 4. The molecule has 4 bridgehead atoms. The van der Waals surface area contributed by atoms with Crippen LogP contribution < -0.4 is 5.56 Å². The van der Waals surface area contributed by atoms with Gasteiger partial charge < -0.3 is 15.0 Å². The van der Waals surface area contributed by atoms with Crippen molar-refractivity contribution in [1.82, 2.24) is 14.9 Å². The Bertz CT molecular complexity index is 751. The predicted octanol–water partition coefficient (Wildman–Crippen LogP) is 1.83. The second-order valence-electron chi connectivity index (χ2n) is 9.22. The summed E-state index contributed by atoms with van der Waals surface area (Å²) < 4.78 is 0. The Morgan fingerprint density at radius 2 is 1.85 bits per heavy atom. The number of aliphatic hydroxyl groups is 1. The Kier molecular flexibility index (Phi) is 3.75. The highest BCUT2D eigenvalue weighted by molar-refractivity contribution is 5.93. The van der Waals surface area contributed by atoms with Crippen molar-refractivity contribution in [2.45, 2.75) is 62.9 Å². The number of likely N-dealkylation sites (tertiary alicyclic amines) is 1. The molecule has 1 atom stereocenters. The van der Waals surface area contributed by atoms with E-state index in [0.29, 0.717) is 19.5 Å². The van der Waals surface area contributed by atoms with Crippen LogP contribution in [-0.2, 0) is 5.41 Å². The van der Waals surface area contributed by atoms with Gasteiger partial charge in [-0.2, -0.15) is 0 Å². The van der Waals surface area contributed by atoms with Gasteiger partial charge in [0.2, 0.25) is 0 Å². The van der Waals surface area contributed by atoms with E-state index in [1.165, 1.54) is 25.5 Å². The molecule has 4 aliphatic carbocycles. The lowest BCUT2D eigenvalue weighted by atomic mass is 9.49. The van der Waals surface area contributed by atoms with E-state index in [2.05, 4.69) is 9.97 Å². The largest absolute Gasteiger partial charge is 0.391 e. The second kappa shape index (κ2) is 5.91. The number of aromatic nitrogens is 2. The molecule has 26 heavy (non-hydrogen) atoms. The summed E-state index contributed by atoms with van der Waals surface area (Å²) in [6, 6.07) is 0. The van der Waals surface area contributed by atoms with E-state index in [9.17, 15) is 14.7 Å². The van der Waals surface area contributed by atoms with Gasteiger partial charge in [0.1, 0.15) is 11.4 Å². The van der Waals surface area contributed by atoms with Crippen molar-refractivity contribution >= 4 is 5.91 Å². The summed E-state index contributed by atoms with van der Waals surface area (Å²) in [7, 11) is 0. The SMILES string of the molecule is O=C(c1cnc(C23CC4CC(CC(C4)C2)C3)[nH]c1=O)N1CCCC(O)C1. The summed E-state index contributed by atoms with van der Waals surface area (Å²) in [6.07, 6.45) is 9.90. The Labute approximate surface area is 153 Å². The Balaban J connectivity index is 1.42. The molecule has 5 aliphatic rings. The zero-order valence-electron chi connectivity index (χ0n) is 15.1. The van der Waals surface area contributed by atoms with Gasteiger partial charge in [-0.25, -0.2) is 4.98 Å². The van der Waals surface area contributed by atoms with E-state index in [1.54, 1.807) is 4.90 Å². The zero-order valence-corrected chi connectivity index (χ0v) is 15.1. The molecule has 2 heterocycles. The Morgan fingerprint density at radius 3 is 2.42 bits per heavy atom. The summed E-state index contributed by atoms with van der Waals surface area (Å²) in [6.45, 7) is 0.890. The van der Waals surface area contributed by atoms with Crippen LogP contribution in [0.15, 0.2) is 11.0 Å². The summed E-state index contributed by atoms with van der Waals surface area (Å²) in [5.41, 5.74) is -0.194. The first-order valence-electron chi connectivity index (χ1n) is 10.1. The molecule has 1 aromatic heterocycles. The maximum absolute atomic E-state index is 12.7. The van der Waals surface area contributed by atoms with Gasteiger partial charge in [0.05, 0.1) is 6.10 Å². The third kappa shape index (κ3) is 2.61. The molecule has 140 valence electrons. The van der Waals surface area contributed by atoms with Gasteiger partial charge in [0.15, 0.2) is 0 Å². The van der Waals surface area contributed by atoms with Gasteiger partial charge in [-0.15, -0.1) is 0 Å². The molecule has 2 N–H and O–H groups in total. The number of piperidine rings is 1. The standard InChI is InChI=1S/C20H27N3O3/c24-15-2-1-3-23(11-15)18(26)16-10-21-19(22-17(16)25)20-7-12-4-13(8-20)6-14(5-12)9-20/h10,12-15,24H,1-9,11H2,(H,21,22,25). The van der Waals surface area contributed by atoms with Gasteiger partial charge in [-0.05, 0) is 69.1 Å². The van der Waals surface area contributed by atoms with Crippen LogP contribution in [0.3, 0.4) is 0 Å². The van der Waals surface area contributed by atoms with Crippen molar-refractivity contribution in [2.75, 3.05) is 13.1 Å². The molecule has 1 unspecified atom stereocenters. The van der Waals surface area contributed by atoms with E-state index < -0.39 is 6.10 Å². The van der Waals surface area contributed by atoms with Crippen molar-refractivity contribution < 1.29 is 9.90 Å². The summed E-state index contributed by atoms with van der Waals surface area (Å²) >= 11 is 0. The Hall–Kier alpha value is -1.69. The van der Waals surface area contributed by atoms with Crippen molar-refractivity contribution in [1.29, 1.82) is 0 Å². The molecule has 6 heteroatoms. The van der Waals surface area contributed by atoms with Crippen LogP contribution in [0.2, 0.25) is 0 Å². The number of rotatable bonds is 2. The normalized spacial score (nSPS) is 38.6. The second-order valence-corrected chi connectivity index (χ2v) is 9.22. The fraction of sp³-hybridized carbons (Fsp3) is 0.750. The number of aromatic amines is 1. The molecule has 4 saturated carbocycles. The van der Waals surface area contributed by atoms with Crippen molar-refractivity contribution in [2.24, 2.45) is 17.8 Å². The lowest BCUT2D eigenvalue weighted by molar-refractivity contribution is -0.00955. The minimum Gasteiger partial charge on any atom is -0.391 e. The minimum atomic E-state index is -0.494. The van der Waals surface area contributed by atoms with Crippen molar-refractivity contribution in [3.63, 3.8) is 0 Å². The number of carbonyl (C=O) groups is 1. The predicted molar refractivity (Wildman–Crippen MR) is 95.9 cm³/mol. The average Bonchev–Trinajstić information content (AvgIpc) is 2.60. The van der Waals surface area contributed by atoms with Crippen LogP contribution in [0, 0.1) is 17.8 Å². The third-order valence-electron chi connectivity index (χ3n) is 7.25. The van der Waals surface area contributed by atoms with E-state index in [0.717, 1.165) is 49.3 Å². The molecule has 5 fully saturated rings. The first-order valence-corrected chi connectivity index (χ1v) is 10.1. The third-order valence-corrected chi connectivity index (χ3v) is 7.25. The van der Waals surface area contributed by atoms with Crippen LogP contribution >= 0.6 is 0 Å². The van der Waals surface area contributed by atoms with Crippen molar-refractivity contribution in [3.05, 3.63) is 27.9 Å². The number of amides is 1. The van der Waals surface area contributed by atoms with E-state index >= 15 is 0 Å². The van der Waals surface area contributed by atoms with E-state index in [-0.39, 0.29) is 22.4 Å². The molecule has 1 saturated heterocycles. The summed E-state index contributed by atoms with van der Waals surface area (Å²) in [5.74, 6) is 2.83. The van der Waals surface area contributed by atoms with Crippen LogP contribution in [0.25, 0.3) is 0 Å². The van der Waals surface area contributed by atoms with Gasteiger partial charge >= 0.3 is 0 Å². The van der Waals surface area contributed by atoms with Crippen LogP contribution in [0.1, 0.15) is 67.5 Å². The number of carbonyl (C=O) groups excluding carboxylic acids is 1. The lowest BCUT2D eigenvalue weighted by Crippen LogP contribution is -2.50. The summed E-state index contributed by atoms with van der Waals surface area (Å²) in [4.78, 5) is 34.5. The smallest absolute Gasteiger partial charge is 0.263 e. The molecule has 0 aromatic carbocycles. The molecule has 6 nitrogen and oxygen atoms in total. The van der Waals surface area contributed by atoms with Gasteiger partial charge in [0.25, 0.3) is 11.5 Å². The fourth-order valence-electron chi connectivity index (χ4n) is 6.53. The van der Waals surface area contributed by atoms with Gasteiger partial charge in [-0.3, -0.25) is 9.59 Å². The van der Waals surface area contributed by atoms with Gasteiger partial charge in [0, 0.05) is 24.7 Å². The highest BCUT2D eigenvalue weighted by Gasteiger charge is 2.53. The molecule has 0 spiro atoms. The topological polar surface area (TPSA) is 86.3 Å². The monoisotopic (exact) mass is 357 g/mol. The minimum absolute atomic E-state index is 0.0246. The van der Waals surface area contributed by atoms with Crippen LogP contribution in [-0.4, -0.2) is 45.1 Å². The highest BCUT2D eigenvalue weighted by Crippen LogP contribution is 2.59. The highest BCUT2D eigenvalue weighted by atomic mass is 16.3. The van der Waals surface area contributed by atoms with Gasteiger partial charge in [-0.1, -0.05) is 0 Å². The summed E-state index contributed by atoms with van der Waals surface area (Å²) in [5, 5.41) is 9.79. The Morgan fingerprint density at radius 1 is 1.19 bits per heavy atom. The van der Waals surface area contributed by atoms with E-state index in [1.807, 2.05) is 0 Å². The first kappa shape index (κ1) is 16.5. The molecule has 1 aliphatic heterocycles. The first-order chi connectivity index (χ1) is 12.5. The maximum Gasteiger partial charge on any atom is 0.263 e. The number of β-amino-alcohol motifs (C(OH)–C–C–N with tert-alkyl or cyclic N) is 1. The van der Waals surface area contributed by atoms with Crippen LogP contribution in [0.4, 0.5) is 0 Å².